The van der Waals surface area contributed by atoms with E-state index in [1.165, 1.54) is 23.1 Å². The van der Waals surface area contributed by atoms with Crippen molar-refractivity contribution in [1.82, 2.24) is 14.8 Å². The molecule has 0 radical (unpaired) electrons. The van der Waals surface area contributed by atoms with Gasteiger partial charge in [0.2, 0.25) is 5.95 Å². The lowest BCUT2D eigenvalue weighted by atomic mass is 10.1. The van der Waals surface area contributed by atoms with Gasteiger partial charge in [0.15, 0.2) is 0 Å². The summed E-state index contributed by atoms with van der Waals surface area (Å²) >= 11 is 0. The molecule has 1 atom stereocenters. The van der Waals surface area contributed by atoms with Crippen LogP contribution in [0.2, 0.25) is 0 Å². The smallest absolute Gasteiger partial charge is 0.246 e. The van der Waals surface area contributed by atoms with Crippen molar-refractivity contribution in [1.29, 1.82) is 0 Å². The number of aromatic nitrogens is 3. The van der Waals surface area contributed by atoms with Gasteiger partial charge in [0.25, 0.3) is 0 Å². The quantitative estimate of drug-likeness (QED) is 0.596. The normalized spacial score (nSPS) is 19.2. The summed E-state index contributed by atoms with van der Waals surface area (Å²) in [4.78, 5) is 6.60. The third-order valence-electron chi connectivity index (χ3n) is 6.00. The standard InChI is InChI=1S/C24H27F2N5O2/c1-16-8-19(28-24-27-15-31(29-24)21-11-17(25)10-18(26)12-21)13-20(9-16)30-5-2-22(3-6-30)33-23-4-7-32-14-23/h8-13,15,22-23H,2-7,14H2,1H3,(H,28,29). The first-order valence-electron chi connectivity index (χ1n) is 11.3. The number of nitrogens with zero attached hydrogens (tertiary/aromatic N) is 4. The third kappa shape index (κ3) is 5.31. The minimum absolute atomic E-state index is 0.243. The van der Waals surface area contributed by atoms with Crippen LogP contribution in [0.5, 0.6) is 0 Å². The average Bonchev–Trinajstić information content (AvgIpc) is 3.45. The van der Waals surface area contributed by atoms with Crippen LogP contribution in [0.1, 0.15) is 24.8 Å². The molecule has 0 amide bonds. The maximum Gasteiger partial charge on any atom is 0.246 e. The van der Waals surface area contributed by atoms with Crippen LogP contribution >= 0.6 is 0 Å². The first kappa shape index (κ1) is 21.8. The highest BCUT2D eigenvalue weighted by molar-refractivity contribution is 5.64. The molecule has 1 unspecified atom stereocenters. The molecule has 2 aliphatic rings. The van der Waals surface area contributed by atoms with Crippen LogP contribution in [-0.4, -0.2) is 53.3 Å². The maximum absolute atomic E-state index is 13.5. The highest BCUT2D eigenvalue weighted by Crippen LogP contribution is 2.28. The van der Waals surface area contributed by atoms with Gasteiger partial charge < -0.3 is 19.7 Å². The SMILES string of the molecule is Cc1cc(Nc2ncn(-c3cc(F)cc(F)c3)n2)cc(N2CCC(OC3CCOC3)CC2)c1. The van der Waals surface area contributed by atoms with Crippen molar-refractivity contribution in [3.8, 4) is 5.69 Å². The van der Waals surface area contributed by atoms with Crippen LogP contribution in [0.4, 0.5) is 26.1 Å². The molecule has 7 nitrogen and oxygen atoms in total. The van der Waals surface area contributed by atoms with Crippen molar-refractivity contribution in [2.24, 2.45) is 0 Å². The molecule has 0 spiro atoms. The lowest BCUT2D eigenvalue weighted by molar-refractivity contribution is -0.0261. The van der Waals surface area contributed by atoms with Crippen LogP contribution in [0.15, 0.2) is 42.7 Å². The Hall–Kier alpha value is -3.04. The van der Waals surface area contributed by atoms with Crippen molar-refractivity contribution >= 4 is 17.3 Å². The summed E-state index contributed by atoms with van der Waals surface area (Å²) in [6, 6.07) is 9.49. The predicted octanol–water partition coefficient (Wildman–Crippen LogP) is 4.37. The Morgan fingerprint density at radius 2 is 1.76 bits per heavy atom. The van der Waals surface area contributed by atoms with Crippen molar-refractivity contribution in [2.75, 3.05) is 36.5 Å². The van der Waals surface area contributed by atoms with E-state index in [1.54, 1.807) is 0 Å². The molecule has 1 N–H and O–H groups in total. The van der Waals surface area contributed by atoms with E-state index in [0.29, 0.717) is 12.6 Å². The molecular formula is C24H27F2N5O2. The van der Waals surface area contributed by atoms with Crippen LogP contribution < -0.4 is 10.2 Å². The highest BCUT2D eigenvalue weighted by Gasteiger charge is 2.25. The van der Waals surface area contributed by atoms with E-state index in [-0.39, 0.29) is 17.9 Å². The molecule has 1 aromatic heterocycles. The van der Waals surface area contributed by atoms with Crippen LogP contribution in [0, 0.1) is 18.6 Å². The minimum atomic E-state index is -0.663. The lowest BCUT2D eigenvalue weighted by Gasteiger charge is -2.35. The minimum Gasteiger partial charge on any atom is -0.379 e. The molecule has 0 saturated carbocycles. The summed E-state index contributed by atoms with van der Waals surface area (Å²) in [5.74, 6) is -0.977. The summed E-state index contributed by atoms with van der Waals surface area (Å²) < 4.78 is 40.0. The number of hydrogen-bond donors (Lipinski definition) is 1. The zero-order valence-electron chi connectivity index (χ0n) is 18.5. The summed E-state index contributed by atoms with van der Waals surface area (Å²) in [5, 5.41) is 7.51. The Kier molecular flexibility index (Phi) is 6.24. The Morgan fingerprint density at radius 1 is 0.970 bits per heavy atom. The molecule has 2 saturated heterocycles. The Labute approximate surface area is 191 Å². The predicted molar refractivity (Wildman–Crippen MR) is 121 cm³/mol. The van der Waals surface area contributed by atoms with E-state index >= 15 is 0 Å². The molecule has 2 aromatic carbocycles. The fourth-order valence-corrected chi connectivity index (χ4v) is 4.41. The Bertz CT molecular complexity index is 1090. The van der Waals surface area contributed by atoms with Gasteiger partial charge in [-0.15, -0.1) is 5.10 Å². The zero-order chi connectivity index (χ0) is 22.8. The second kappa shape index (κ2) is 9.44. The van der Waals surface area contributed by atoms with Gasteiger partial charge in [0.1, 0.15) is 18.0 Å². The summed E-state index contributed by atoms with van der Waals surface area (Å²) in [6.07, 6.45) is 4.93. The van der Waals surface area contributed by atoms with Gasteiger partial charge in [-0.3, -0.25) is 0 Å². The molecule has 9 heteroatoms. The number of halogens is 2. The maximum atomic E-state index is 13.5. The number of nitrogens with one attached hydrogen (secondary N) is 1. The molecule has 3 aromatic rings. The lowest BCUT2D eigenvalue weighted by Crippen LogP contribution is -2.38. The molecule has 0 bridgehead atoms. The topological polar surface area (TPSA) is 64.4 Å². The number of anilines is 3. The molecule has 33 heavy (non-hydrogen) atoms. The second-order valence-electron chi connectivity index (χ2n) is 8.63. The Balaban J connectivity index is 1.24. The van der Waals surface area contributed by atoms with E-state index in [0.717, 1.165) is 62.0 Å². The van der Waals surface area contributed by atoms with E-state index in [4.69, 9.17) is 9.47 Å². The molecular weight excluding hydrogens is 428 g/mol. The van der Waals surface area contributed by atoms with Gasteiger partial charge in [0, 0.05) is 37.1 Å². The van der Waals surface area contributed by atoms with Gasteiger partial charge in [-0.25, -0.2) is 13.5 Å². The van der Waals surface area contributed by atoms with Gasteiger partial charge in [-0.05, 0) is 62.1 Å². The number of aryl methyl sites for hydroxylation is 1. The number of hydrogen-bond acceptors (Lipinski definition) is 6. The first-order valence-corrected chi connectivity index (χ1v) is 11.3. The van der Waals surface area contributed by atoms with Gasteiger partial charge in [-0.1, -0.05) is 0 Å². The summed E-state index contributed by atoms with van der Waals surface area (Å²) in [6.45, 7) is 5.42. The monoisotopic (exact) mass is 455 g/mol. The van der Waals surface area contributed by atoms with Crippen LogP contribution in [0.3, 0.4) is 0 Å². The number of benzene rings is 2. The van der Waals surface area contributed by atoms with E-state index in [2.05, 4.69) is 32.4 Å². The first-order chi connectivity index (χ1) is 16.0. The van der Waals surface area contributed by atoms with Crippen molar-refractivity contribution in [3.05, 3.63) is 59.9 Å². The molecule has 5 rings (SSSR count). The van der Waals surface area contributed by atoms with Gasteiger partial charge >= 0.3 is 0 Å². The molecule has 2 aliphatic heterocycles. The zero-order valence-corrected chi connectivity index (χ0v) is 18.5. The molecule has 0 aliphatic carbocycles. The third-order valence-corrected chi connectivity index (χ3v) is 6.00. The fourth-order valence-electron chi connectivity index (χ4n) is 4.41. The fraction of sp³-hybridized carbons (Fsp3) is 0.417. The van der Waals surface area contributed by atoms with Gasteiger partial charge in [0.05, 0.1) is 24.5 Å². The summed E-state index contributed by atoms with van der Waals surface area (Å²) in [7, 11) is 0. The number of piperidine rings is 1. The number of rotatable bonds is 6. The average molecular weight is 456 g/mol. The highest BCUT2D eigenvalue weighted by atomic mass is 19.1. The van der Waals surface area contributed by atoms with E-state index in [1.807, 2.05) is 13.0 Å². The second-order valence-corrected chi connectivity index (χ2v) is 8.63. The van der Waals surface area contributed by atoms with Gasteiger partial charge in [-0.2, -0.15) is 4.98 Å². The van der Waals surface area contributed by atoms with Crippen molar-refractivity contribution < 1.29 is 18.3 Å². The summed E-state index contributed by atoms with van der Waals surface area (Å²) in [5.41, 5.74) is 3.37. The van der Waals surface area contributed by atoms with Crippen molar-refractivity contribution in [3.63, 3.8) is 0 Å². The van der Waals surface area contributed by atoms with Crippen LogP contribution in [-0.2, 0) is 9.47 Å². The number of ether oxygens (including phenoxy) is 2. The molecule has 2 fully saturated rings. The molecule has 174 valence electrons. The van der Waals surface area contributed by atoms with Crippen molar-refractivity contribution in [2.45, 2.75) is 38.4 Å². The Morgan fingerprint density at radius 3 is 2.48 bits per heavy atom. The van der Waals surface area contributed by atoms with E-state index < -0.39 is 11.6 Å². The van der Waals surface area contributed by atoms with E-state index in [9.17, 15) is 8.78 Å². The molecule has 3 heterocycles. The largest absolute Gasteiger partial charge is 0.379 e. The van der Waals surface area contributed by atoms with Crippen LogP contribution in [0.25, 0.3) is 5.69 Å².